The van der Waals surface area contributed by atoms with Crippen LogP contribution in [0.25, 0.3) is 0 Å². The average Bonchev–Trinajstić information content (AvgIpc) is 2.34. The van der Waals surface area contributed by atoms with Crippen molar-refractivity contribution < 1.29 is 14.3 Å². The lowest BCUT2D eigenvalue weighted by Crippen LogP contribution is -2.19. The molecule has 4 nitrogen and oxygen atoms in total. The van der Waals surface area contributed by atoms with Gasteiger partial charge < -0.3 is 15.8 Å². The number of aliphatic carboxylic acids is 1. The summed E-state index contributed by atoms with van der Waals surface area (Å²) in [5.74, 6) is -1.76. The molecule has 0 bridgehead atoms. The monoisotopic (exact) mass is 158 g/mol. The van der Waals surface area contributed by atoms with E-state index in [0.29, 0.717) is 0 Å². The molecule has 1 unspecified atom stereocenters. The molecule has 0 aliphatic rings. The lowest BCUT2D eigenvalue weighted by molar-refractivity contribution is -0.138. The molecule has 0 fully saturated rings. The fourth-order valence-corrected chi connectivity index (χ4v) is 0.704. The van der Waals surface area contributed by atoms with Crippen LogP contribution in [0.5, 0.6) is 0 Å². The molecule has 0 spiro atoms. The normalized spacial score (nSPS) is 12.9. The van der Waals surface area contributed by atoms with E-state index in [1.54, 1.807) is 0 Å². The van der Waals surface area contributed by atoms with Gasteiger partial charge in [0.15, 0.2) is 5.95 Å². The minimum Gasteiger partial charge on any atom is -0.480 e. The highest BCUT2D eigenvalue weighted by atomic mass is 19.1. The second kappa shape index (κ2) is 2.71. The van der Waals surface area contributed by atoms with Gasteiger partial charge in [-0.2, -0.15) is 4.39 Å². The first-order chi connectivity index (χ1) is 5.11. The van der Waals surface area contributed by atoms with Crippen LogP contribution >= 0.6 is 0 Å². The number of H-pyrrole nitrogens is 1. The van der Waals surface area contributed by atoms with E-state index in [4.69, 9.17) is 10.8 Å². The van der Waals surface area contributed by atoms with Crippen molar-refractivity contribution in [2.75, 3.05) is 0 Å². The Kier molecular flexibility index (Phi) is 1.91. The van der Waals surface area contributed by atoms with E-state index in [2.05, 4.69) is 4.98 Å². The van der Waals surface area contributed by atoms with Gasteiger partial charge in [-0.05, 0) is 6.07 Å². The van der Waals surface area contributed by atoms with Gasteiger partial charge in [0.2, 0.25) is 0 Å². The maximum atomic E-state index is 12.2. The number of carboxylic acids is 1. The largest absolute Gasteiger partial charge is 0.480 e. The third-order valence-electron chi connectivity index (χ3n) is 1.30. The van der Waals surface area contributed by atoms with Crippen molar-refractivity contribution in [1.29, 1.82) is 0 Å². The predicted molar refractivity (Wildman–Crippen MR) is 35.3 cm³/mol. The lowest BCUT2D eigenvalue weighted by Gasteiger charge is -2.00. The Balaban J connectivity index is 2.84. The van der Waals surface area contributed by atoms with Crippen molar-refractivity contribution in [2.45, 2.75) is 6.04 Å². The maximum absolute atomic E-state index is 12.2. The molecular weight excluding hydrogens is 151 g/mol. The molecule has 1 atom stereocenters. The van der Waals surface area contributed by atoms with Crippen LogP contribution in [0.2, 0.25) is 0 Å². The third kappa shape index (κ3) is 1.56. The maximum Gasteiger partial charge on any atom is 0.325 e. The first-order valence-electron chi connectivity index (χ1n) is 2.93. The van der Waals surface area contributed by atoms with Gasteiger partial charge in [-0.3, -0.25) is 4.79 Å². The Hall–Kier alpha value is -1.36. The number of nitrogens with one attached hydrogen (secondary N) is 1. The Morgan fingerprint density at radius 2 is 2.45 bits per heavy atom. The topological polar surface area (TPSA) is 79.1 Å². The van der Waals surface area contributed by atoms with Gasteiger partial charge in [0.05, 0.1) is 0 Å². The molecule has 1 rings (SSSR count). The Bertz CT molecular complexity index is 271. The zero-order valence-electron chi connectivity index (χ0n) is 5.54. The van der Waals surface area contributed by atoms with E-state index in [0.717, 1.165) is 6.07 Å². The van der Waals surface area contributed by atoms with Gasteiger partial charge >= 0.3 is 5.97 Å². The zero-order chi connectivity index (χ0) is 8.43. The van der Waals surface area contributed by atoms with Gasteiger partial charge in [0.1, 0.15) is 6.04 Å². The van der Waals surface area contributed by atoms with Crippen LogP contribution in [0.15, 0.2) is 12.3 Å². The molecule has 5 heteroatoms. The van der Waals surface area contributed by atoms with Crippen molar-refractivity contribution >= 4 is 5.97 Å². The SMILES string of the molecule is NC(C(=O)O)c1c[nH]c(F)c1. The molecular formula is C6H7FN2O2. The Morgan fingerprint density at radius 1 is 1.82 bits per heavy atom. The number of aromatic nitrogens is 1. The summed E-state index contributed by atoms with van der Waals surface area (Å²) < 4.78 is 12.2. The number of hydrogen-bond acceptors (Lipinski definition) is 2. The minimum atomic E-state index is -1.18. The lowest BCUT2D eigenvalue weighted by atomic mass is 10.2. The van der Waals surface area contributed by atoms with E-state index in [1.807, 2.05) is 0 Å². The predicted octanol–water partition coefficient (Wildman–Crippen LogP) is 0.238. The highest BCUT2D eigenvalue weighted by Crippen LogP contribution is 2.10. The standard InChI is InChI=1S/C6H7FN2O2/c7-4-1-3(2-9-4)5(8)6(10)11/h1-2,5,9H,8H2,(H,10,11). The molecule has 4 N–H and O–H groups in total. The second-order valence-corrected chi connectivity index (χ2v) is 2.10. The first kappa shape index (κ1) is 7.74. The van der Waals surface area contributed by atoms with Gasteiger partial charge in [0, 0.05) is 11.8 Å². The van der Waals surface area contributed by atoms with E-state index >= 15 is 0 Å². The number of aromatic amines is 1. The highest BCUT2D eigenvalue weighted by molar-refractivity contribution is 5.75. The summed E-state index contributed by atoms with van der Waals surface area (Å²) >= 11 is 0. The van der Waals surface area contributed by atoms with E-state index in [9.17, 15) is 9.18 Å². The molecule has 1 heterocycles. The van der Waals surface area contributed by atoms with Crippen molar-refractivity contribution in [3.63, 3.8) is 0 Å². The number of rotatable bonds is 2. The number of carboxylic acid groups (broad SMARTS) is 1. The quantitative estimate of drug-likeness (QED) is 0.576. The molecule has 60 valence electrons. The summed E-state index contributed by atoms with van der Waals surface area (Å²) in [6, 6.07) is -0.102. The van der Waals surface area contributed by atoms with Crippen LogP contribution in [0, 0.1) is 5.95 Å². The average molecular weight is 158 g/mol. The number of halogens is 1. The molecule has 0 saturated heterocycles. The number of nitrogens with two attached hydrogens (primary N) is 1. The van der Waals surface area contributed by atoms with Crippen LogP contribution in [-0.2, 0) is 4.79 Å². The van der Waals surface area contributed by atoms with Crippen LogP contribution in [0.4, 0.5) is 4.39 Å². The molecule has 0 amide bonds. The fraction of sp³-hybridized carbons (Fsp3) is 0.167. The molecule has 1 aromatic heterocycles. The summed E-state index contributed by atoms with van der Waals surface area (Å²) in [7, 11) is 0. The summed E-state index contributed by atoms with van der Waals surface area (Å²) in [6.07, 6.45) is 1.23. The van der Waals surface area contributed by atoms with E-state index < -0.39 is 18.0 Å². The fourth-order valence-electron chi connectivity index (χ4n) is 0.704. The van der Waals surface area contributed by atoms with Crippen LogP contribution in [-0.4, -0.2) is 16.1 Å². The van der Waals surface area contributed by atoms with Gasteiger partial charge in [0.25, 0.3) is 0 Å². The van der Waals surface area contributed by atoms with Crippen LogP contribution in [0.1, 0.15) is 11.6 Å². The smallest absolute Gasteiger partial charge is 0.325 e. The number of carbonyl (C=O) groups is 1. The summed E-state index contributed by atoms with van der Waals surface area (Å²) in [5.41, 5.74) is 5.40. The molecule has 0 aromatic carbocycles. The number of hydrogen-bond donors (Lipinski definition) is 3. The second-order valence-electron chi connectivity index (χ2n) is 2.10. The van der Waals surface area contributed by atoms with Crippen molar-refractivity contribution in [2.24, 2.45) is 5.73 Å². The van der Waals surface area contributed by atoms with Crippen molar-refractivity contribution in [3.8, 4) is 0 Å². The van der Waals surface area contributed by atoms with Gasteiger partial charge in [-0.1, -0.05) is 0 Å². The zero-order valence-corrected chi connectivity index (χ0v) is 5.54. The van der Waals surface area contributed by atoms with E-state index in [-0.39, 0.29) is 5.56 Å². The molecule has 0 radical (unpaired) electrons. The van der Waals surface area contributed by atoms with E-state index in [1.165, 1.54) is 6.20 Å². The van der Waals surface area contributed by atoms with Crippen molar-refractivity contribution in [3.05, 3.63) is 23.8 Å². The molecule has 1 aromatic rings. The minimum absolute atomic E-state index is 0.231. The highest BCUT2D eigenvalue weighted by Gasteiger charge is 2.15. The Morgan fingerprint density at radius 3 is 2.82 bits per heavy atom. The summed E-state index contributed by atoms with van der Waals surface area (Å²) in [5, 5.41) is 8.38. The first-order valence-corrected chi connectivity index (χ1v) is 2.93. The molecule has 0 saturated carbocycles. The van der Waals surface area contributed by atoms with Crippen molar-refractivity contribution in [1.82, 2.24) is 4.98 Å². The third-order valence-corrected chi connectivity index (χ3v) is 1.30. The van der Waals surface area contributed by atoms with Gasteiger partial charge in [-0.25, -0.2) is 0 Å². The molecule has 11 heavy (non-hydrogen) atoms. The summed E-state index contributed by atoms with van der Waals surface area (Å²) in [4.78, 5) is 12.4. The van der Waals surface area contributed by atoms with Gasteiger partial charge in [-0.15, -0.1) is 0 Å². The molecule has 0 aliphatic carbocycles. The Labute approximate surface area is 61.8 Å². The molecule has 0 aliphatic heterocycles. The summed E-state index contributed by atoms with van der Waals surface area (Å²) in [6.45, 7) is 0. The van der Waals surface area contributed by atoms with Crippen LogP contribution < -0.4 is 5.73 Å². The van der Waals surface area contributed by atoms with Crippen LogP contribution in [0.3, 0.4) is 0 Å².